The van der Waals surface area contributed by atoms with Gasteiger partial charge in [-0.25, -0.2) is 0 Å². The van der Waals surface area contributed by atoms with Gasteiger partial charge in [-0.15, -0.1) is 0 Å². The largest absolute Gasteiger partial charge is 0.481 e. The molecule has 0 saturated carbocycles. The Balaban J connectivity index is 0.000000305. The van der Waals surface area contributed by atoms with Crippen molar-refractivity contribution in [1.29, 1.82) is 0 Å². The van der Waals surface area contributed by atoms with Crippen LogP contribution in [-0.2, 0) is 41.5 Å². The predicted octanol–water partition coefficient (Wildman–Crippen LogP) is 6.99. The van der Waals surface area contributed by atoms with Crippen LogP contribution in [0.5, 0.6) is 0 Å². The molecule has 1 N–H and O–H groups in total. The first-order valence-corrected chi connectivity index (χ1v) is 13.4. The number of rotatable bonds is 9. The minimum atomic E-state index is -0.850. The smallest absolute Gasteiger partial charge is 0.320 e. The van der Waals surface area contributed by atoms with Crippen molar-refractivity contribution in [1.82, 2.24) is 0 Å². The second-order valence-corrected chi connectivity index (χ2v) is 9.46. The summed E-state index contributed by atoms with van der Waals surface area (Å²) in [6.45, 7) is 5.55. The highest BCUT2D eigenvalue weighted by molar-refractivity contribution is 6.31. The van der Waals surface area contributed by atoms with Gasteiger partial charge in [0.15, 0.2) is 0 Å². The summed E-state index contributed by atoms with van der Waals surface area (Å²) in [5, 5.41) is 10.3. The Hall–Kier alpha value is -3.39. The van der Waals surface area contributed by atoms with E-state index in [0.29, 0.717) is 33.7 Å². The van der Waals surface area contributed by atoms with Crippen molar-refractivity contribution < 1.29 is 33.8 Å². The highest BCUT2D eigenvalue weighted by atomic mass is 35.5. The summed E-state index contributed by atoms with van der Waals surface area (Å²) in [7, 11) is 0. The van der Waals surface area contributed by atoms with Gasteiger partial charge in [-0.05, 0) is 73.9 Å². The number of halogens is 3. The van der Waals surface area contributed by atoms with Crippen molar-refractivity contribution in [3.05, 3.63) is 105 Å². The number of benzene rings is 3. The zero-order chi connectivity index (χ0) is 30.1. The van der Waals surface area contributed by atoms with Crippen molar-refractivity contribution in [2.45, 2.75) is 39.5 Å². The molecule has 1 unspecified atom stereocenters. The Morgan fingerprint density at radius 2 is 1.07 bits per heavy atom. The molecule has 7 nitrogen and oxygen atoms in total. The number of esters is 2. The van der Waals surface area contributed by atoms with Gasteiger partial charge in [0, 0.05) is 15.1 Å². The third-order valence-electron chi connectivity index (χ3n) is 4.97. The summed E-state index contributed by atoms with van der Waals surface area (Å²) >= 11 is 17.0. The third kappa shape index (κ3) is 14.1. The summed E-state index contributed by atoms with van der Waals surface area (Å²) in [5.74, 6) is -2.63. The monoisotopic (exact) mass is 608 g/mol. The van der Waals surface area contributed by atoms with Crippen LogP contribution in [0.25, 0.3) is 0 Å². The zero-order valence-electron chi connectivity index (χ0n) is 22.4. The first kappa shape index (κ1) is 34.6. The van der Waals surface area contributed by atoms with Gasteiger partial charge in [0.25, 0.3) is 0 Å². The molecule has 0 aliphatic carbocycles. The fourth-order valence-electron chi connectivity index (χ4n) is 3.18. The first-order chi connectivity index (χ1) is 19.0. The second kappa shape index (κ2) is 18.8. The fraction of sp³-hybridized carbons (Fsp3) is 0.267. The molecule has 3 rings (SSSR count). The Kier molecular flexibility index (Phi) is 16.3. The van der Waals surface area contributed by atoms with Crippen molar-refractivity contribution in [3.63, 3.8) is 0 Å². The molecule has 0 amide bonds. The minimum Gasteiger partial charge on any atom is -0.481 e. The van der Waals surface area contributed by atoms with Crippen LogP contribution >= 0.6 is 34.8 Å². The summed E-state index contributed by atoms with van der Waals surface area (Å²) in [6, 6.07) is 20.5. The Bertz CT molecular complexity index is 1230. The van der Waals surface area contributed by atoms with Gasteiger partial charge in [-0.1, -0.05) is 71.2 Å². The predicted molar refractivity (Wildman–Crippen MR) is 156 cm³/mol. The Morgan fingerprint density at radius 1 is 0.675 bits per heavy atom. The highest BCUT2D eigenvalue weighted by Gasteiger charge is 2.26. The highest BCUT2D eigenvalue weighted by Crippen LogP contribution is 2.21. The maximum Gasteiger partial charge on any atom is 0.320 e. The van der Waals surface area contributed by atoms with Crippen molar-refractivity contribution in [2.24, 2.45) is 0 Å². The van der Waals surface area contributed by atoms with Gasteiger partial charge in [0.2, 0.25) is 0 Å². The number of Topliss-reactive ketones (excluding diaryl/α,β-unsaturated/α-hetero) is 1. The van der Waals surface area contributed by atoms with Gasteiger partial charge in [0.05, 0.1) is 26.1 Å². The van der Waals surface area contributed by atoms with Crippen LogP contribution < -0.4 is 0 Å². The van der Waals surface area contributed by atoms with Crippen LogP contribution in [0.15, 0.2) is 72.8 Å². The van der Waals surface area contributed by atoms with Gasteiger partial charge in [0.1, 0.15) is 11.7 Å². The van der Waals surface area contributed by atoms with Gasteiger partial charge in [-0.3, -0.25) is 19.2 Å². The molecule has 0 bridgehead atoms. The molecule has 3 aromatic rings. The molecular formula is C30H31Cl3O7. The molecule has 0 radical (unpaired) electrons. The van der Waals surface area contributed by atoms with E-state index in [1.807, 2.05) is 12.1 Å². The number of carbonyl (C=O) groups is 4. The van der Waals surface area contributed by atoms with Gasteiger partial charge >= 0.3 is 17.9 Å². The number of hydrogen-bond donors (Lipinski definition) is 1. The van der Waals surface area contributed by atoms with Crippen LogP contribution in [0.4, 0.5) is 0 Å². The quantitative estimate of drug-likeness (QED) is 0.206. The van der Waals surface area contributed by atoms with Crippen LogP contribution in [-0.4, -0.2) is 42.0 Å². The van der Waals surface area contributed by atoms with Crippen molar-refractivity contribution in [3.8, 4) is 0 Å². The maximum atomic E-state index is 11.6. The molecule has 0 heterocycles. The van der Waals surface area contributed by atoms with Crippen molar-refractivity contribution >= 4 is 58.5 Å². The average Bonchev–Trinajstić information content (AvgIpc) is 2.89. The van der Waals surface area contributed by atoms with Gasteiger partial charge in [-0.2, -0.15) is 0 Å². The number of ether oxygens (including phenoxy) is 2. The number of aliphatic carboxylic acids is 1. The summed E-state index contributed by atoms with van der Waals surface area (Å²) in [4.78, 5) is 44.3. The number of hydrogen-bond acceptors (Lipinski definition) is 6. The number of carbonyl (C=O) groups excluding carboxylic acids is 3. The molecule has 10 heteroatoms. The Labute approximate surface area is 249 Å². The van der Waals surface area contributed by atoms with Gasteiger partial charge < -0.3 is 14.6 Å². The second-order valence-electron chi connectivity index (χ2n) is 8.15. The van der Waals surface area contributed by atoms with E-state index < -0.39 is 17.9 Å². The van der Waals surface area contributed by atoms with Crippen LogP contribution in [0.1, 0.15) is 43.4 Å². The van der Waals surface area contributed by atoms with E-state index in [-0.39, 0.29) is 24.8 Å². The lowest BCUT2D eigenvalue weighted by molar-refractivity contribution is -0.147. The van der Waals surface area contributed by atoms with Crippen molar-refractivity contribution in [2.75, 3.05) is 13.2 Å². The summed E-state index contributed by atoms with van der Waals surface area (Å²) < 4.78 is 9.66. The lowest BCUT2D eigenvalue weighted by Gasteiger charge is -2.12. The average molecular weight is 610 g/mol. The lowest BCUT2D eigenvalue weighted by atomic mass is 9.96. The fourth-order valence-corrected chi connectivity index (χ4v) is 3.55. The summed E-state index contributed by atoms with van der Waals surface area (Å²) in [6.07, 6.45) is 0.363. The number of ketones is 1. The third-order valence-corrected chi connectivity index (χ3v) is 5.72. The first-order valence-electron chi connectivity index (χ1n) is 12.3. The number of carboxylic acids is 1. The normalized spacial score (nSPS) is 10.6. The minimum absolute atomic E-state index is 0.0527. The van der Waals surface area contributed by atoms with E-state index in [2.05, 4.69) is 0 Å². The summed E-state index contributed by atoms with van der Waals surface area (Å²) in [5.41, 5.74) is 2.29. The molecule has 0 fully saturated rings. The molecule has 0 aliphatic heterocycles. The molecule has 3 aromatic carbocycles. The molecule has 214 valence electrons. The van der Waals surface area contributed by atoms with Crippen LogP contribution in [0.2, 0.25) is 15.1 Å². The standard InChI is InChI=1S/C12H13ClO3.C10H11ClO2.C8H7ClO2/c1-3-16-12(15)11(8(2)14)9-4-6-10(13)7-5-9;1-2-13-10(12)7-8-3-5-9(11)6-4-8;9-7-3-1-6(2-4-7)5-8(10)11/h4-7,11H,3H2,1-2H3;3-6H,2,7H2,1H3;1-4H,5H2,(H,10,11). The zero-order valence-corrected chi connectivity index (χ0v) is 24.6. The molecule has 1 atom stereocenters. The number of carboxylic acid groups (broad SMARTS) is 1. The van der Waals surface area contributed by atoms with E-state index in [0.717, 1.165) is 11.1 Å². The maximum absolute atomic E-state index is 11.6. The molecule has 0 aliphatic rings. The topological polar surface area (TPSA) is 107 Å². The van der Waals surface area contributed by atoms with E-state index in [1.54, 1.807) is 74.5 Å². The molecule has 40 heavy (non-hydrogen) atoms. The van der Waals surface area contributed by atoms with E-state index in [4.69, 9.17) is 49.4 Å². The van der Waals surface area contributed by atoms with E-state index >= 15 is 0 Å². The molecular weight excluding hydrogens is 579 g/mol. The van der Waals surface area contributed by atoms with E-state index in [1.165, 1.54) is 6.92 Å². The van der Waals surface area contributed by atoms with Crippen LogP contribution in [0, 0.1) is 0 Å². The van der Waals surface area contributed by atoms with E-state index in [9.17, 15) is 19.2 Å². The Morgan fingerprint density at radius 3 is 1.45 bits per heavy atom. The van der Waals surface area contributed by atoms with Crippen LogP contribution in [0.3, 0.4) is 0 Å². The SMILES string of the molecule is CCOC(=O)C(C(C)=O)c1ccc(Cl)cc1.CCOC(=O)Cc1ccc(Cl)cc1.O=C(O)Cc1ccc(Cl)cc1. The molecule has 0 spiro atoms. The molecule has 0 saturated heterocycles. The molecule has 0 aromatic heterocycles. The lowest BCUT2D eigenvalue weighted by Crippen LogP contribution is -2.22.